The number of imide groups is 1. The first-order chi connectivity index (χ1) is 9.20. The van der Waals surface area contributed by atoms with Gasteiger partial charge in [-0.1, -0.05) is 12.1 Å². The van der Waals surface area contributed by atoms with Crippen molar-refractivity contribution >= 4 is 11.8 Å². The van der Waals surface area contributed by atoms with Crippen LogP contribution in [0.3, 0.4) is 0 Å². The minimum atomic E-state index is -0.140. The third kappa shape index (κ3) is 1.96. The fraction of sp³-hybridized carbons (Fsp3) is 0.467. The molecule has 1 saturated heterocycles. The molecule has 2 heterocycles. The molecule has 1 aromatic rings. The molecule has 4 nitrogen and oxygen atoms in total. The average Bonchev–Trinajstić information content (AvgIpc) is 2.72. The zero-order valence-corrected chi connectivity index (χ0v) is 11.1. The zero-order chi connectivity index (χ0) is 13.4. The molecule has 4 heteroatoms. The minimum absolute atomic E-state index is 0.0415. The second-order valence-corrected chi connectivity index (χ2v) is 5.37. The Morgan fingerprint density at radius 1 is 1.21 bits per heavy atom. The number of benzene rings is 1. The first-order valence-corrected chi connectivity index (χ1v) is 6.88. The topological polar surface area (TPSA) is 49.4 Å². The summed E-state index contributed by atoms with van der Waals surface area (Å²) < 4.78 is 0. The molecule has 0 aromatic heterocycles. The van der Waals surface area contributed by atoms with Crippen molar-refractivity contribution in [1.29, 1.82) is 0 Å². The van der Waals surface area contributed by atoms with Crippen LogP contribution in [0.25, 0.3) is 0 Å². The van der Waals surface area contributed by atoms with Crippen LogP contribution < -0.4 is 5.32 Å². The molecular weight excluding hydrogens is 240 g/mol. The number of hydrogen-bond donors (Lipinski definition) is 1. The van der Waals surface area contributed by atoms with Crippen LogP contribution in [0, 0.1) is 5.92 Å². The van der Waals surface area contributed by atoms with Gasteiger partial charge in [-0.2, -0.15) is 0 Å². The van der Waals surface area contributed by atoms with Crippen molar-refractivity contribution in [3.63, 3.8) is 0 Å². The lowest BCUT2D eigenvalue weighted by molar-refractivity contribution is 0.0529. The van der Waals surface area contributed by atoms with Gasteiger partial charge in [0.1, 0.15) is 0 Å². The molecule has 0 bridgehead atoms. The van der Waals surface area contributed by atoms with Crippen LogP contribution in [-0.4, -0.2) is 35.8 Å². The second-order valence-electron chi connectivity index (χ2n) is 5.37. The van der Waals surface area contributed by atoms with Crippen LogP contribution in [0.1, 0.15) is 40.5 Å². The number of nitrogens with zero attached hydrogens (tertiary/aromatic N) is 1. The normalized spacial score (nSPS) is 24.5. The largest absolute Gasteiger partial charge is 0.316 e. The summed E-state index contributed by atoms with van der Waals surface area (Å²) in [5.74, 6) is 0.0771. The molecule has 100 valence electrons. The molecule has 0 spiro atoms. The Hall–Kier alpha value is -1.68. The number of amides is 2. The Balaban J connectivity index is 1.87. The molecule has 2 aliphatic heterocycles. The van der Waals surface area contributed by atoms with Crippen molar-refractivity contribution in [2.75, 3.05) is 13.1 Å². The lowest BCUT2D eigenvalue weighted by atomic mass is 9.92. The van der Waals surface area contributed by atoms with Gasteiger partial charge in [0.15, 0.2) is 0 Å². The highest BCUT2D eigenvalue weighted by molar-refractivity contribution is 6.21. The maximum atomic E-state index is 12.4. The standard InChI is InChI=1S/C15H18N2O2/c1-10(11-5-4-8-16-9-11)17-14(18)12-6-2-3-7-13(12)15(17)19/h2-3,6-7,10-11,16H,4-5,8-9H2,1H3. The predicted molar refractivity (Wildman–Crippen MR) is 72.0 cm³/mol. The predicted octanol–water partition coefficient (Wildman–Crippen LogP) is 1.67. The smallest absolute Gasteiger partial charge is 0.261 e. The number of nitrogens with one attached hydrogen (secondary N) is 1. The van der Waals surface area contributed by atoms with Gasteiger partial charge in [0, 0.05) is 6.04 Å². The molecule has 19 heavy (non-hydrogen) atoms. The molecule has 2 aliphatic rings. The van der Waals surface area contributed by atoms with Gasteiger partial charge < -0.3 is 5.32 Å². The molecule has 0 aliphatic carbocycles. The highest BCUT2D eigenvalue weighted by atomic mass is 16.2. The van der Waals surface area contributed by atoms with Crippen molar-refractivity contribution in [3.05, 3.63) is 35.4 Å². The van der Waals surface area contributed by atoms with E-state index < -0.39 is 0 Å². The Morgan fingerprint density at radius 3 is 2.37 bits per heavy atom. The fourth-order valence-corrected chi connectivity index (χ4v) is 3.08. The van der Waals surface area contributed by atoms with Crippen molar-refractivity contribution in [2.45, 2.75) is 25.8 Å². The third-order valence-electron chi connectivity index (χ3n) is 4.25. The van der Waals surface area contributed by atoms with Crippen molar-refractivity contribution in [2.24, 2.45) is 5.92 Å². The highest BCUT2D eigenvalue weighted by Gasteiger charge is 2.40. The van der Waals surface area contributed by atoms with Gasteiger partial charge in [-0.05, 0) is 50.9 Å². The number of rotatable bonds is 2. The summed E-state index contributed by atoms with van der Waals surface area (Å²) in [7, 11) is 0. The number of carbonyl (C=O) groups excluding carboxylic acids is 2. The molecular formula is C15H18N2O2. The summed E-state index contributed by atoms with van der Waals surface area (Å²) >= 11 is 0. The molecule has 1 fully saturated rings. The summed E-state index contributed by atoms with van der Waals surface area (Å²) in [5, 5.41) is 3.34. The Bertz CT molecular complexity index is 486. The first-order valence-electron chi connectivity index (χ1n) is 6.88. The maximum Gasteiger partial charge on any atom is 0.261 e. The highest BCUT2D eigenvalue weighted by Crippen LogP contribution is 2.28. The maximum absolute atomic E-state index is 12.4. The van der Waals surface area contributed by atoms with Crippen LogP contribution in [-0.2, 0) is 0 Å². The molecule has 2 atom stereocenters. The molecule has 1 N–H and O–H groups in total. The molecule has 0 saturated carbocycles. The van der Waals surface area contributed by atoms with E-state index in [9.17, 15) is 9.59 Å². The van der Waals surface area contributed by atoms with Gasteiger partial charge in [-0.25, -0.2) is 0 Å². The van der Waals surface area contributed by atoms with E-state index in [4.69, 9.17) is 0 Å². The van der Waals surface area contributed by atoms with E-state index in [0.717, 1.165) is 25.9 Å². The van der Waals surface area contributed by atoms with Crippen LogP contribution in [0.5, 0.6) is 0 Å². The van der Waals surface area contributed by atoms with E-state index in [-0.39, 0.29) is 17.9 Å². The average molecular weight is 258 g/mol. The third-order valence-corrected chi connectivity index (χ3v) is 4.25. The lowest BCUT2D eigenvalue weighted by Crippen LogP contribution is -2.47. The van der Waals surface area contributed by atoms with E-state index in [2.05, 4.69) is 5.32 Å². The van der Waals surface area contributed by atoms with E-state index in [1.807, 2.05) is 6.92 Å². The van der Waals surface area contributed by atoms with Crippen molar-refractivity contribution in [1.82, 2.24) is 10.2 Å². The van der Waals surface area contributed by atoms with Gasteiger partial charge in [0.25, 0.3) is 11.8 Å². The lowest BCUT2D eigenvalue weighted by Gasteiger charge is -2.33. The van der Waals surface area contributed by atoms with E-state index >= 15 is 0 Å². The van der Waals surface area contributed by atoms with Crippen LogP contribution in [0.2, 0.25) is 0 Å². The number of fused-ring (bicyclic) bond motifs is 1. The Kier molecular flexibility index (Phi) is 3.11. The van der Waals surface area contributed by atoms with Crippen LogP contribution in [0.15, 0.2) is 24.3 Å². The first kappa shape index (κ1) is 12.4. The van der Waals surface area contributed by atoms with Crippen molar-refractivity contribution in [3.8, 4) is 0 Å². The summed E-state index contributed by atoms with van der Waals surface area (Å²) in [4.78, 5) is 26.2. The second kappa shape index (κ2) is 4.78. The number of piperidine rings is 1. The quantitative estimate of drug-likeness (QED) is 0.821. The summed E-state index contributed by atoms with van der Waals surface area (Å²) in [6, 6.07) is 7.05. The van der Waals surface area contributed by atoms with Gasteiger partial charge >= 0.3 is 0 Å². The molecule has 0 radical (unpaired) electrons. The van der Waals surface area contributed by atoms with Gasteiger partial charge in [-0.15, -0.1) is 0 Å². The van der Waals surface area contributed by atoms with Crippen LogP contribution >= 0.6 is 0 Å². The van der Waals surface area contributed by atoms with Gasteiger partial charge in [0.05, 0.1) is 11.1 Å². The van der Waals surface area contributed by atoms with Gasteiger partial charge in [-0.3, -0.25) is 14.5 Å². The number of hydrogen-bond acceptors (Lipinski definition) is 3. The van der Waals surface area contributed by atoms with E-state index in [1.165, 1.54) is 4.90 Å². The van der Waals surface area contributed by atoms with E-state index in [1.54, 1.807) is 24.3 Å². The molecule has 2 amide bonds. The van der Waals surface area contributed by atoms with Gasteiger partial charge in [0.2, 0.25) is 0 Å². The summed E-state index contributed by atoms with van der Waals surface area (Å²) in [5.41, 5.74) is 1.09. The van der Waals surface area contributed by atoms with E-state index in [0.29, 0.717) is 17.0 Å². The molecule has 2 unspecified atom stereocenters. The monoisotopic (exact) mass is 258 g/mol. The Morgan fingerprint density at radius 2 is 1.84 bits per heavy atom. The SMILES string of the molecule is CC(C1CCCNC1)N1C(=O)c2ccccc2C1=O. The van der Waals surface area contributed by atoms with Crippen molar-refractivity contribution < 1.29 is 9.59 Å². The minimum Gasteiger partial charge on any atom is -0.316 e. The molecule has 3 rings (SSSR count). The molecule has 1 aromatic carbocycles. The zero-order valence-electron chi connectivity index (χ0n) is 11.1. The summed E-state index contributed by atoms with van der Waals surface area (Å²) in [6.45, 7) is 3.90. The summed E-state index contributed by atoms with van der Waals surface area (Å²) in [6.07, 6.45) is 2.18. The Labute approximate surface area is 112 Å². The fourth-order valence-electron chi connectivity index (χ4n) is 3.08. The number of carbonyl (C=O) groups is 2. The van der Waals surface area contributed by atoms with Crippen LogP contribution in [0.4, 0.5) is 0 Å².